The number of sulfone groups is 1. The van der Waals surface area contributed by atoms with E-state index in [0.29, 0.717) is 35.3 Å². The molecule has 0 aliphatic carbocycles. The number of likely N-dealkylation sites (tertiary alicyclic amines) is 1. The highest BCUT2D eigenvalue weighted by molar-refractivity contribution is 7.91. The van der Waals surface area contributed by atoms with E-state index in [1.165, 1.54) is 0 Å². The zero-order valence-corrected chi connectivity index (χ0v) is 18.0. The summed E-state index contributed by atoms with van der Waals surface area (Å²) in [5.74, 6) is 1.23. The molecule has 3 unspecified atom stereocenters. The van der Waals surface area contributed by atoms with Crippen molar-refractivity contribution in [1.82, 2.24) is 15.5 Å². The summed E-state index contributed by atoms with van der Waals surface area (Å²) in [6, 6.07) is 9.26. The Bertz CT molecular complexity index is 719. The van der Waals surface area contributed by atoms with Crippen molar-refractivity contribution in [2.45, 2.75) is 57.1 Å². The summed E-state index contributed by atoms with van der Waals surface area (Å²) in [5, 5.41) is 6.81. The third kappa shape index (κ3) is 5.94. The zero-order valence-electron chi connectivity index (χ0n) is 17.1. The van der Waals surface area contributed by atoms with Gasteiger partial charge in [-0.2, -0.15) is 0 Å². The standard InChI is InChI=1S/C20H34N4O2S/c1-6-17(14-27(25,26)18-10-8-7-9-11-18)22-20(21-5)23-19-13-24(15(2)3)12-16(19)4/h7-11,15-17,19H,6,12-14H2,1-5H3,(H2,21,22,23). The lowest BCUT2D eigenvalue weighted by atomic mass is 10.1. The molecule has 0 spiro atoms. The third-order valence-electron chi connectivity index (χ3n) is 5.27. The highest BCUT2D eigenvalue weighted by Crippen LogP contribution is 2.18. The van der Waals surface area contributed by atoms with E-state index in [0.717, 1.165) is 13.1 Å². The summed E-state index contributed by atoms with van der Waals surface area (Å²) >= 11 is 0. The average Bonchev–Trinajstić information content (AvgIpc) is 3.01. The van der Waals surface area contributed by atoms with Crippen LogP contribution in [-0.2, 0) is 9.84 Å². The number of hydrogen-bond acceptors (Lipinski definition) is 4. The van der Waals surface area contributed by atoms with Gasteiger partial charge in [-0.25, -0.2) is 8.42 Å². The van der Waals surface area contributed by atoms with Gasteiger partial charge in [0.2, 0.25) is 0 Å². The van der Waals surface area contributed by atoms with E-state index in [1.807, 2.05) is 13.0 Å². The van der Waals surface area contributed by atoms with Gasteiger partial charge in [-0.15, -0.1) is 0 Å². The smallest absolute Gasteiger partial charge is 0.191 e. The summed E-state index contributed by atoms with van der Waals surface area (Å²) in [7, 11) is -1.61. The molecule has 0 bridgehead atoms. The molecule has 1 aliphatic heterocycles. The highest BCUT2D eigenvalue weighted by atomic mass is 32.2. The number of guanidine groups is 1. The number of aliphatic imine (C=N–C) groups is 1. The van der Waals surface area contributed by atoms with Crippen molar-refractivity contribution in [3.63, 3.8) is 0 Å². The van der Waals surface area contributed by atoms with Crippen molar-refractivity contribution in [2.24, 2.45) is 10.9 Å². The van der Waals surface area contributed by atoms with E-state index >= 15 is 0 Å². The van der Waals surface area contributed by atoms with Gasteiger partial charge in [0.25, 0.3) is 0 Å². The van der Waals surface area contributed by atoms with Crippen LogP contribution in [0.2, 0.25) is 0 Å². The average molecular weight is 395 g/mol. The molecule has 0 radical (unpaired) electrons. The normalized spacial score (nSPS) is 22.8. The van der Waals surface area contributed by atoms with Crippen LogP contribution in [0, 0.1) is 5.92 Å². The lowest BCUT2D eigenvalue weighted by Gasteiger charge is -2.25. The maximum atomic E-state index is 12.7. The Hall–Kier alpha value is -1.60. The van der Waals surface area contributed by atoms with Gasteiger partial charge >= 0.3 is 0 Å². The molecule has 0 amide bonds. The van der Waals surface area contributed by atoms with Crippen molar-refractivity contribution in [3.8, 4) is 0 Å². The maximum Gasteiger partial charge on any atom is 0.191 e. The zero-order chi connectivity index (χ0) is 20.0. The third-order valence-corrected chi connectivity index (χ3v) is 7.10. The van der Waals surface area contributed by atoms with Crippen molar-refractivity contribution in [1.29, 1.82) is 0 Å². The molecule has 1 saturated heterocycles. The fourth-order valence-corrected chi connectivity index (χ4v) is 5.02. The van der Waals surface area contributed by atoms with E-state index in [-0.39, 0.29) is 11.8 Å². The minimum atomic E-state index is -3.34. The van der Waals surface area contributed by atoms with Crippen molar-refractivity contribution in [2.75, 3.05) is 25.9 Å². The molecule has 2 N–H and O–H groups in total. The Morgan fingerprint density at radius 1 is 1.26 bits per heavy atom. The van der Waals surface area contributed by atoms with Gasteiger partial charge in [0.05, 0.1) is 10.6 Å². The van der Waals surface area contributed by atoms with E-state index in [1.54, 1.807) is 31.3 Å². The van der Waals surface area contributed by atoms with E-state index in [2.05, 4.69) is 41.3 Å². The first kappa shape index (κ1) is 21.7. The van der Waals surface area contributed by atoms with Gasteiger partial charge < -0.3 is 10.6 Å². The molecule has 152 valence electrons. The van der Waals surface area contributed by atoms with Gasteiger partial charge in [-0.05, 0) is 38.3 Å². The topological polar surface area (TPSA) is 73.8 Å². The SMILES string of the molecule is CCC(CS(=O)(=O)c1ccccc1)NC(=NC)NC1CN(C(C)C)CC1C. The van der Waals surface area contributed by atoms with Gasteiger partial charge in [-0.1, -0.05) is 32.0 Å². The van der Waals surface area contributed by atoms with Gasteiger partial charge in [-0.3, -0.25) is 9.89 Å². The second-order valence-corrected chi connectivity index (χ2v) is 9.73. The van der Waals surface area contributed by atoms with Crippen LogP contribution >= 0.6 is 0 Å². The number of nitrogens with one attached hydrogen (secondary N) is 2. The first-order chi connectivity index (χ1) is 12.8. The van der Waals surface area contributed by atoms with Crippen LogP contribution in [0.25, 0.3) is 0 Å². The molecule has 1 aliphatic rings. The largest absolute Gasteiger partial charge is 0.353 e. The number of nitrogens with zero attached hydrogens (tertiary/aromatic N) is 2. The molecule has 27 heavy (non-hydrogen) atoms. The van der Waals surface area contributed by atoms with Crippen molar-refractivity contribution < 1.29 is 8.42 Å². The lowest BCUT2D eigenvalue weighted by Crippen LogP contribution is -2.51. The molecule has 0 aromatic heterocycles. The predicted molar refractivity (Wildman–Crippen MR) is 112 cm³/mol. The molecule has 1 aromatic rings. The fourth-order valence-electron chi connectivity index (χ4n) is 3.40. The Morgan fingerprint density at radius 3 is 2.44 bits per heavy atom. The molecular formula is C20H34N4O2S. The number of hydrogen-bond donors (Lipinski definition) is 2. The summed E-state index contributed by atoms with van der Waals surface area (Å²) in [6.45, 7) is 10.7. The minimum Gasteiger partial charge on any atom is -0.353 e. The van der Waals surface area contributed by atoms with Gasteiger partial charge in [0.1, 0.15) is 0 Å². The summed E-state index contributed by atoms with van der Waals surface area (Å²) in [5.41, 5.74) is 0. The Labute approximate surface area is 164 Å². The first-order valence-electron chi connectivity index (χ1n) is 9.78. The monoisotopic (exact) mass is 394 g/mol. The van der Waals surface area contributed by atoms with Crippen LogP contribution in [0.1, 0.15) is 34.1 Å². The Morgan fingerprint density at radius 2 is 1.93 bits per heavy atom. The molecule has 0 saturated carbocycles. The Kier molecular flexibility index (Phi) is 7.68. The summed E-state index contributed by atoms with van der Waals surface area (Å²) in [4.78, 5) is 7.14. The fraction of sp³-hybridized carbons (Fsp3) is 0.650. The van der Waals surface area contributed by atoms with Crippen molar-refractivity contribution >= 4 is 15.8 Å². The molecule has 1 heterocycles. The highest BCUT2D eigenvalue weighted by Gasteiger charge is 2.31. The number of benzene rings is 1. The number of rotatable bonds is 7. The lowest BCUT2D eigenvalue weighted by molar-refractivity contribution is 0.265. The van der Waals surface area contributed by atoms with Crippen LogP contribution in [0.15, 0.2) is 40.2 Å². The molecule has 1 fully saturated rings. The van der Waals surface area contributed by atoms with Crippen LogP contribution in [0.5, 0.6) is 0 Å². The quantitative estimate of drug-likeness (QED) is 0.547. The minimum absolute atomic E-state index is 0.0482. The second kappa shape index (κ2) is 9.55. The second-order valence-electron chi connectivity index (χ2n) is 7.69. The molecule has 3 atom stereocenters. The molecule has 6 nitrogen and oxygen atoms in total. The Balaban J connectivity index is 2.00. The van der Waals surface area contributed by atoms with Crippen molar-refractivity contribution in [3.05, 3.63) is 30.3 Å². The van der Waals surface area contributed by atoms with Crippen LogP contribution in [-0.4, -0.2) is 63.3 Å². The maximum absolute atomic E-state index is 12.7. The van der Waals surface area contributed by atoms with Gasteiger partial charge in [0, 0.05) is 38.3 Å². The van der Waals surface area contributed by atoms with Crippen LogP contribution in [0.3, 0.4) is 0 Å². The summed E-state index contributed by atoms with van der Waals surface area (Å²) in [6.07, 6.45) is 0.700. The van der Waals surface area contributed by atoms with E-state index in [9.17, 15) is 8.42 Å². The van der Waals surface area contributed by atoms with E-state index < -0.39 is 9.84 Å². The van der Waals surface area contributed by atoms with Crippen LogP contribution in [0.4, 0.5) is 0 Å². The van der Waals surface area contributed by atoms with Gasteiger partial charge in [0.15, 0.2) is 15.8 Å². The molecule has 2 rings (SSSR count). The van der Waals surface area contributed by atoms with E-state index in [4.69, 9.17) is 0 Å². The first-order valence-corrected chi connectivity index (χ1v) is 11.4. The molecular weight excluding hydrogens is 360 g/mol. The summed E-state index contributed by atoms with van der Waals surface area (Å²) < 4.78 is 25.4. The van der Waals surface area contributed by atoms with Crippen LogP contribution < -0.4 is 10.6 Å². The molecule has 7 heteroatoms. The molecule has 1 aromatic carbocycles. The predicted octanol–water partition coefficient (Wildman–Crippen LogP) is 2.13.